The maximum absolute atomic E-state index is 5.62. The van der Waals surface area contributed by atoms with Gasteiger partial charge in [-0.2, -0.15) is 0 Å². The Kier molecular flexibility index (Phi) is 7.04. The molecule has 4 nitrogen and oxygen atoms in total. The molecule has 0 aromatic rings. The van der Waals surface area contributed by atoms with Gasteiger partial charge in [0.2, 0.25) is 0 Å². The number of nitrogens with one attached hydrogen (secondary N) is 1. The highest BCUT2D eigenvalue weighted by Crippen LogP contribution is 2.20. The molecule has 1 rings (SSSR count). The van der Waals surface area contributed by atoms with E-state index in [1.807, 2.05) is 0 Å². The molecule has 0 spiro atoms. The summed E-state index contributed by atoms with van der Waals surface area (Å²) in [4.78, 5) is 0. The van der Waals surface area contributed by atoms with Gasteiger partial charge in [0.05, 0.1) is 12.2 Å². The van der Waals surface area contributed by atoms with Gasteiger partial charge in [-0.05, 0) is 38.0 Å². The third kappa shape index (κ3) is 4.92. The monoisotopic (exact) mass is 244 g/mol. The van der Waals surface area contributed by atoms with E-state index in [0.29, 0.717) is 12.0 Å². The van der Waals surface area contributed by atoms with Crippen LogP contribution in [0.2, 0.25) is 0 Å². The number of hydrogen-bond acceptors (Lipinski definition) is 4. The Morgan fingerprint density at radius 2 is 2.24 bits per heavy atom. The van der Waals surface area contributed by atoms with E-state index in [4.69, 9.17) is 15.3 Å². The first kappa shape index (κ1) is 14.9. The lowest BCUT2D eigenvalue weighted by Gasteiger charge is -2.28. The average molecular weight is 244 g/mol. The van der Waals surface area contributed by atoms with Gasteiger partial charge in [0, 0.05) is 19.8 Å². The lowest BCUT2D eigenvalue weighted by molar-refractivity contribution is 0.0281. The normalized spacial score (nSPS) is 24.2. The van der Waals surface area contributed by atoms with Crippen LogP contribution < -0.4 is 11.3 Å². The SMILES string of the molecule is COC(C(C)C)C(CCCC1CCCO1)NN. The van der Waals surface area contributed by atoms with Crippen molar-refractivity contribution in [2.24, 2.45) is 11.8 Å². The second-order valence-electron chi connectivity index (χ2n) is 5.28. The summed E-state index contributed by atoms with van der Waals surface area (Å²) in [5, 5.41) is 0. The van der Waals surface area contributed by atoms with E-state index in [0.717, 1.165) is 25.9 Å². The Balaban J connectivity index is 2.25. The summed E-state index contributed by atoms with van der Waals surface area (Å²) in [6, 6.07) is 0.237. The average Bonchev–Trinajstić information content (AvgIpc) is 2.80. The van der Waals surface area contributed by atoms with E-state index in [1.54, 1.807) is 7.11 Å². The van der Waals surface area contributed by atoms with Gasteiger partial charge in [-0.25, -0.2) is 0 Å². The molecule has 17 heavy (non-hydrogen) atoms. The van der Waals surface area contributed by atoms with Crippen LogP contribution in [0.3, 0.4) is 0 Å². The number of nitrogens with two attached hydrogens (primary N) is 1. The smallest absolute Gasteiger partial charge is 0.0760 e. The Morgan fingerprint density at radius 1 is 1.47 bits per heavy atom. The topological polar surface area (TPSA) is 56.5 Å². The molecule has 0 aromatic heterocycles. The maximum Gasteiger partial charge on any atom is 0.0760 e. The predicted octanol–water partition coefficient (Wildman–Crippen LogP) is 1.84. The van der Waals surface area contributed by atoms with Gasteiger partial charge >= 0.3 is 0 Å². The molecule has 1 aliphatic rings. The van der Waals surface area contributed by atoms with Crippen LogP contribution in [0.1, 0.15) is 46.0 Å². The zero-order valence-corrected chi connectivity index (χ0v) is 11.4. The molecule has 1 heterocycles. The largest absolute Gasteiger partial charge is 0.380 e. The first-order valence-electron chi connectivity index (χ1n) is 6.79. The molecular formula is C13H28N2O2. The maximum atomic E-state index is 5.62. The minimum absolute atomic E-state index is 0.185. The van der Waals surface area contributed by atoms with Crippen molar-refractivity contribution in [1.82, 2.24) is 5.43 Å². The van der Waals surface area contributed by atoms with Crippen molar-refractivity contribution in [1.29, 1.82) is 0 Å². The van der Waals surface area contributed by atoms with Crippen molar-refractivity contribution in [2.45, 2.75) is 64.2 Å². The molecule has 0 aromatic carbocycles. The molecule has 0 bridgehead atoms. The van der Waals surface area contributed by atoms with E-state index in [1.165, 1.54) is 12.8 Å². The lowest BCUT2D eigenvalue weighted by atomic mass is 9.95. The van der Waals surface area contributed by atoms with Crippen LogP contribution in [-0.2, 0) is 9.47 Å². The highest BCUT2D eigenvalue weighted by molar-refractivity contribution is 4.78. The van der Waals surface area contributed by atoms with Crippen LogP contribution in [-0.4, -0.2) is 32.0 Å². The van der Waals surface area contributed by atoms with Gasteiger partial charge < -0.3 is 9.47 Å². The predicted molar refractivity (Wildman–Crippen MR) is 69.6 cm³/mol. The van der Waals surface area contributed by atoms with Crippen LogP contribution >= 0.6 is 0 Å². The molecule has 3 unspecified atom stereocenters. The first-order chi connectivity index (χ1) is 8.19. The summed E-state index contributed by atoms with van der Waals surface area (Å²) in [6.07, 6.45) is 6.44. The third-order valence-corrected chi connectivity index (χ3v) is 3.61. The Morgan fingerprint density at radius 3 is 2.71 bits per heavy atom. The Hall–Kier alpha value is -0.160. The van der Waals surface area contributed by atoms with Gasteiger partial charge in [0.1, 0.15) is 0 Å². The van der Waals surface area contributed by atoms with E-state index < -0.39 is 0 Å². The minimum Gasteiger partial charge on any atom is -0.380 e. The van der Waals surface area contributed by atoms with Gasteiger partial charge in [-0.1, -0.05) is 13.8 Å². The number of ether oxygens (including phenoxy) is 2. The Bertz CT molecular complexity index is 194. The van der Waals surface area contributed by atoms with Crippen LogP contribution in [0.5, 0.6) is 0 Å². The molecule has 4 heteroatoms. The summed E-state index contributed by atoms with van der Waals surface area (Å²) in [5.74, 6) is 6.10. The quantitative estimate of drug-likeness (QED) is 0.505. The molecular weight excluding hydrogens is 216 g/mol. The number of hydrazine groups is 1. The van der Waals surface area contributed by atoms with Gasteiger partial charge in [0.25, 0.3) is 0 Å². The van der Waals surface area contributed by atoms with Crippen molar-refractivity contribution in [2.75, 3.05) is 13.7 Å². The fourth-order valence-corrected chi connectivity index (χ4v) is 2.68. The molecule has 1 fully saturated rings. The van der Waals surface area contributed by atoms with E-state index in [2.05, 4.69) is 19.3 Å². The fourth-order valence-electron chi connectivity index (χ4n) is 2.68. The molecule has 1 aliphatic heterocycles. The highest BCUT2D eigenvalue weighted by Gasteiger charge is 2.23. The molecule has 1 saturated heterocycles. The minimum atomic E-state index is 0.185. The van der Waals surface area contributed by atoms with Gasteiger partial charge in [-0.15, -0.1) is 0 Å². The van der Waals surface area contributed by atoms with E-state index in [9.17, 15) is 0 Å². The second-order valence-corrected chi connectivity index (χ2v) is 5.28. The van der Waals surface area contributed by atoms with Crippen molar-refractivity contribution < 1.29 is 9.47 Å². The fraction of sp³-hybridized carbons (Fsp3) is 1.00. The van der Waals surface area contributed by atoms with Crippen molar-refractivity contribution in [3.8, 4) is 0 Å². The molecule has 0 amide bonds. The summed E-state index contributed by atoms with van der Waals surface area (Å²) in [5.41, 5.74) is 2.89. The molecule has 3 N–H and O–H groups in total. The summed E-state index contributed by atoms with van der Waals surface area (Å²) in [7, 11) is 1.76. The van der Waals surface area contributed by atoms with E-state index >= 15 is 0 Å². The number of methoxy groups -OCH3 is 1. The Labute approximate surface area is 105 Å². The summed E-state index contributed by atoms with van der Waals surface area (Å²) >= 11 is 0. The van der Waals surface area contributed by atoms with Gasteiger partial charge in [-0.3, -0.25) is 11.3 Å². The number of rotatable bonds is 8. The zero-order valence-electron chi connectivity index (χ0n) is 11.4. The third-order valence-electron chi connectivity index (χ3n) is 3.61. The first-order valence-corrected chi connectivity index (χ1v) is 6.79. The zero-order chi connectivity index (χ0) is 12.7. The van der Waals surface area contributed by atoms with Crippen LogP contribution in [0.4, 0.5) is 0 Å². The van der Waals surface area contributed by atoms with E-state index in [-0.39, 0.29) is 12.1 Å². The molecule has 0 aliphatic carbocycles. The molecule has 3 atom stereocenters. The summed E-state index contributed by atoms with van der Waals surface area (Å²) < 4.78 is 11.1. The lowest BCUT2D eigenvalue weighted by Crippen LogP contribution is -2.47. The van der Waals surface area contributed by atoms with Crippen LogP contribution in [0.15, 0.2) is 0 Å². The van der Waals surface area contributed by atoms with Crippen LogP contribution in [0.25, 0.3) is 0 Å². The van der Waals surface area contributed by atoms with Crippen molar-refractivity contribution in [3.05, 3.63) is 0 Å². The number of hydrogen-bond donors (Lipinski definition) is 2. The van der Waals surface area contributed by atoms with Crippen molar-refractivity contribution in [3.63, 3.8) is 0 Å². The standard InChI is InChI=1S/C13H28N2O2/c1-10(2)13(16-3)12(15-14)8-4-6-11-7-5-9-17-11/h10-13,15H,4-9,14H2,1-3H3. The highest BCUT2D eigenvalue weighted by atomic mass is 16.5. The van der Waals surface area contributed by atoms with Crippen LogP contribution in [0, 0.1) is 5.92 Å². The molecule has 102 valence electrons. The van der Waals surface area contributed by atoms with Gasteiger partial charge in [0.15, 0.2) is 0 Å². The molecule has 0 radical (unpaired) electrons. The molecule has 0 saturated carbocycles. The second kappa shape index (κ2) is 8.03. The van der Waals surface area contributed by atoms with Crippen molar-refractivity contribution >= 4 is 0 Å². The summed E-state index contributed by atoms with van der Waals surface area (Å²) in [6.45, 7) is 5.27.